The molecule has 1 amide bonds. The number of nitrogens with two attached hydrogens (primary N) is 1. The van der Waals surface area contributed by atoms with Crippen LogP contribution in [0.5, 0.6) is 11.5 Å². The van der Waals surface area contributed by atoms with Crippen LogP contribution in [0.4, 0.5) is 0 Å². The standard InChI is InChI=1S/C15H24N2O3/c1-12(16)9-10-17-15(18)4-3-11-20-14-7-5-13(19-2)6-8-14/h5-8,12H,3-4,9-11,16H2,1-2H3,(H,17,18). The molecule has 0 saturated carbocycles. The van der Waals surface area contributed by atoms with Crippen molar-refractivity contribution in [2.75, 3.05) is 20.3 Å². The van der Waals surface area contributed by atoms with Gasteiger partial charge in [-0.3, -0.25) is 4.79 Å². The summed E-state index contributed by atoms with van der Waals surface area (Å²) in [6, 6.07) is 7.50. The molecule has 0 heterocycles. The molecule has 0 bridgehead atoms. The fourth-order valence-corrected chi connectivity index (χ4v) is 1.62. The van der Waals surface area contributed by atoms with E-state index in [0.29, 0.717) is 26.0 Å². The van der Waals surface area contributed by atoms with Crippen molar-refractivity contribution in [1.82, 2.24) is 5.32 Å². The lowest BCUT2D eigenvalue weighted by Crippen LogP contribution is -2.28. The zero-order valence-corrected chi connectivity index (χ0v) is 12.2. The Morgan fingerprint density at radius 3 is 2.55 bits per heavy atom. The Morgan fingerprint density at radius 1 is 1.30 bits per heavy atom. The van der Waals surface area contributed by atoms with Crippen molar-refractivity contribution in [3.8, 4) is 11.5 Å². The second kappa shape index (κ2) is 9.20. The Morgan fingerprint density at radius 2 is 1.95 bits per heavy atom. The molecule has 0 spiro atoms. The summed E-state index contributed by atoms with van der Waals surface area (Å²) in [6.45, 7) is 3.08. The van der Waals surface area contributed by atoms with Crippen LogP contribution >= 0.6 is 0 Å². The van der Waals surface area contributed by atoms with Gasteiger partial charge in [-0.05, 0) is 44.0 Å². The second-order valence-electron chi connectivity index (χ2n) is 4.74. The molecule has 112 valence electrons. The van der Waals surface area contributed by atoms with E-state index in [0.717, 1.165) is 17.9 Å². The highest BCUT2D eigenvalue weighted by Crippen LogP contribution is 2.17. The van der Waals surface area contributed by atoms with Crippen molar-refractivity contribution >= 4 is 5.91 Å². The molecule has 0 fully saturated rings. The molecule has 0 aliphatic rings. The lowest BCUT2D eigenvalue weighted by Gasteiger charge is -2.08. The predicted octanol–water partition coefficient (Wildman–Crippen LogP) is 1.71. The number of rotatable bonds is 9. The van der Waals surface area contributed by atoms with E-state index in [-0.39, 0.29) is 11.9 Å². The van der Waals surface area contributed by atoms with Gasteiger partial charge in [-0.25, -0.2) is 0 Å². The smallest absolute Gasteiger partial charge is 0.220 e. The number of nitrogens with one attached hydrogen (secondary N) is 1. The average Bonchev–Trinajstić information content (AvgIpc) is 2.44. The Balaban J connectivity index is 2.10. The van der Waals surface area contributed by atoms with E-state index in [1.807, 2.05) is 31.2 Å². The van der Waals surface area contributed by atoms with Crippen molar-refractivity contribution in [1.29, 1.82) is 0 Å². The van der Waals surface area contributed by atoms with Gasteiger partial charge < -0.3 is 20.5 Å². The molecule has 5 nitrogen and oxygen atoms in total. The van der Waals surface area contributed by atoms with Gasteiger partial charge in [0.2, 0.25) is 5.91 Å². The van der Waals surface area contributed by atoms with E-state index in [9.17, 15) is 4.79 Å². The van der Waals surface area contributed by atoms with Crippen molar-refractivity contribution in [2.24, 2.45) is 5.73 Å². The van der Waals surface area contributed by atoms with Gasteiger partial charge in [0.25, 0.3) is 0 Å². The number of benzene rings is 1. The van der Waals surface area contributed by atoms with Crippen molar-refractivity contribution < 1.29 is 14.3 Å². The Hall–Kier alpha value is -1.75. The highest BCUT2D eigenvalue weighted by molar-refractivity contribution is 5.75. The third-order valence-electron chi connectivity index (χ3n) is 2.80. The van der Waals surface area contributed by atoms with E-state index in [1.165, 1.54) is 0 Å². The Kier molecular flexibility index (Phi) is 7.50. The van der Waals surface area contributed by atoms with Gasteiger partial charge in [0, 0.05) is 19.0 Å². The summed E-state index contributed by atoms with van der Waals surface area (Å²) in [5, 5.41) is 2.84. The quantitative estimate of drug-likeness (QED) is 0.675. The van der Waals surface area contributed by atoms with Crippen LogP contribution in [-0.2, 0) is 4.79 Å². The van der Waals surface area contributed by atoms with Crippen molar-refractivity contribution in [3.63, 3.8) is 0 Å². The Labute approximate surface area is 120 Å². The van der Waals surface area contributed by atoms with Crippen LogP contribution in [0.15, 0.2) is 24.3 Å². The minimum absolute atomic E-state index is 0.0454. The van der Waals surface area contributed by atoms with Crippen LogP contribution in [0.2, 0.25) is 0 Å². The molecular formula is C15H24N2O3. The number of carbonyl (C=O) groups excluding carboxylic acids is 1. The van der Waals surface area contributed by atoms with Crippen LogP contribution in [0, 0.1) is 0 Å². The SMILES string of the molecule is COc1ccc(OCCCC(=O)NCCC(C)N)cc1. The molecule has 0 radical (unpaired) electrons. The monoisotopic (exact) mass is 280 g/mol. The van der Waals surface area contributed by atoms with Gasteiger partial charge in [-0.2, -0.15) is 0 Å². The number of hydrogen-bond acceptors (Lipinski definition) is 4. The molecule has 3 N–H and O–H groups in total. The average molecular weight is 280 g/mol. The normalized spacial score (nSPS) is 11.8. The molecule has 1 aromatic carbocycles. The molecule has 1 rings (SSSR count). The second-order valence-corrected chi connectivity index (χ2v) is 4.74. The van der Waals surface area contributed by atoms with Gasteiger partial charge in [0.15, 0.2) is 0 Å². The summed E-state index contributed by atoms with van der Waals surface area (Å²) in [5.74, 6) is 1.62. The first-order valence-corrected chi connectivity index (χ1v) is 6.91. The van der Waals surface area contributed by atoms with E-state index >= 15 is 0 Å². The molecule has 0 aliphatic heterocycles. The first kappa shape index (κ1) is 16.3. The number of amides is 1. The Bertz CT molecular complexity index is 391. The third kappa shape index (κ3) is 6.99. The largest absolute Gasteiger partial charge is 0.497 e. The van der Waals surface area contributed by atoms with Crippen molar-refractivity contribution in [3.05, 3.63) is 24.3 Å². The van der Waals surface area contributed by atoms with Gasteiger partial charge in [0.1, 0.15) is 11.5 Å². The number of hydrogen-bond donors (Lipinski definition) is 2. The van der Waals surface area contributed by atoms with Gasteiger partial charge in [-0.1, -0.05) is 0 Å². The zero-order chi connectivity index (χ0) is 14.8. The molecular weight excluding hydrogens is 256 g/mol. The molecule has 1 unspecified atom stereocenters. The first-order valence-electron chi connectivity index (χ1n) is 6.91. The fourth-order valence-electron chi connectivity index (χ4n) is 1.62. The number of carbonyl (C=O) groups is 1. The molecule has 0 aliphatic carbocycles. The molecule has 0 aromatic heterocycles. The third-order valence-corrected chi connectivity index (χ3v) is 2.80. The van der Waals surface area contributed by atoms with Gasteiger partial charge >= 0.3 is 0 Å². The van der Waals surface area contributed by atoms with E-state index in [4.69, 9.17) is 15.2 Å². The molecule has 0 saturated heterocycles. The fraction of sp³-hybridized carbons (Fsp3) is 0.533. The number of ether oxygens (including phenoxy) is 2. The maximum Gasteiger partial charge on any atom is 0.220 e. The van der Waals surface area contributed by atoms with E-state index < -0.39 is 0 Å². The predicted molar refractivity (Wildman–Crippen MR) is 79.0 cm³/mol. The topological polar surface area (TPSA) is 73.6 Å². The van der Waals surface area contributed by atoms with Crippen LogP contribution in [-0.4, -0.2) is 32.2 Å². The first-order chi connectivity index (χ1) is 9.61. The summed E-state index contributed by atoms with van der Waals surface area (Å²) in [5.41, 5.74) is 5.61. The van der Waals surface area contributed by atoms with E-state index in [2.05, 4.69) is 5.32 Å². The minimum atomic E-state index is 0.0454. The van der Waals surface area contributed by atoms with Crippen molar-refractivity contribution in [2.45, 2.75) is 32.2 Å². The highest BCUT2D eigenvalue weighted by Gasteiger charge is 2.02. The molecule has 1 atom stereocenters. The summed E-state index contributed by atoms with van der Waals surface area (Å²) in [6.07, 6.45) is 1.96. The van der Waals surface area contributed by atoms with Crippen LogP contribution in [0.3, 0.4) is 0 Å². The molecule has 5 heteroatoms. The highest BCUT2D eigenvalue weighted by atomic mass is 16.5. The summed E-state index contributed by atoms with van der Waals surface area (Å²) in [4.78, 5) is 11.5. The molecule has 20 heavy (non-hydrogen) atoms. The van der Waals surface area contributed by atoms with Gasteiger partial charge in [0.05, 0.1) is 13.7 Å². The summed E-state index contributed by atoms with van der Waals surface area (Å²) in [7, 11) is 1.62. The lowest BCUT2D eigenvalue weighted by atomic mass is 10.2. The maximum atomic E-state index is 11.5. The lowest BCUT2D eigenvalue weighted by molar-refractivity contribution is -0.121. The summed E-state index contributed by atoms with van der Waals surface area (Å²) < 4.78 is 10.6. The van der Waals surface area contributed by atoms with Crippen LogP contribution in [0.1, 0.15) is 26.2 Å². The van der Waals surface area contributed by atoms with E-state index in [1.54, 1.807) is 7.11 Å². The minimum Gasteiger partial charge on any atom is -0.497 e. The molecule has 1 aromatic rings. The number of methoxy groups -OCH3 is 1. The van der Waals surface area contributed by atoms with Crippen LogP contribution < -0.4 is 20.5 Å². The van der Waals surface area contributed by atoms with Crippen LogP contribution in [0.25, 0.3) is 0 Å². The zero-order valence-electron chi connectivity index (χ0n) is 12.2. The maximum absolute atomic E-state index is 11.5. The van der Waals surface area contributed by atoms with Gasteiger partial charge in [-0.15, -0.1) is 0 Å². The summed E-state index contributed by atoms with van der Waals surface area (Å²) >= 11 is 0.